The molecule has 0 saturated carbocycles. The summed E-state index contributed by atoms with van der Waals surface area (Å²) in [6.07, 6.45) is 0.368. The van der Waals surface area contributed by atoms with Gasteiger partial charge in [0.25, 0.3) is 0 Å². The van der Waals surface area contributed by atoms with Gasteiger partial charge in [-0.15, -0.1) is 0 Å². The van der Waals surface area contributed by atoms with Gasteiger partial charge in [-0.05, 0) is 22.4 Å². The van der Waals surface area contributed by atoms with Crippen molar-refractivity contribution in [3.63, 3.8) is 0 Å². The number of nitrogens with zero attached hydrogens (tertiary/aromatic N) is 1. The lowest BCUT2D eigenvalue weighted by Crippen LogP contribution is -1.94. The van der Waals surface area contributed by atoms with Gasteiger partial charge in [-0.2, -0.15) is 5.26 Å². The van der Waals surface area contributed by atoms with Gasteiger partial charge in [0.2, 0.25) is 0 Å². The third-order valence-corrected chi connectivity index (χ3v) is 2.33. The molecule has 2 aromatic rings. The predicted molar refractivity (Wildman–Crippen MR) is 57.7 cm³/mol. The molecular weight excluding hydrogens is 172 g/mol. The van der Waals surface area contributed by atoms with Crippen LogP contribution >= 0.6 is 0 Å². The Hall–Kier alpha value is -2.01. The zero-order chi connectivity index (χ0) is 9.97. The molecule has 0 amide bonds. The molecule has 0 aliphatic carbocycles. The van der Waals surface area contributed by atoms with E-state index in [4.69, 9.17) is 11.0 Å². The van der Waals surface area contributed by atoms with Crippen LogP contribution in [-0.2, 0) is 6.42 Å². The van der Waals surface area contributed by atoms with Crippen LogP contribution in [0.4, 0.5) is 5.69 Å². The largest absolute Gasteiger partial charge is 0.398 e. The highest BCUT2D eigenvalue weighted by Crippen LogP contribution is 2.24. The molecule has 68 valence electrons. The average Bonchev–Trinajstić information content (AvgIpc) is 2.23. The summed E-state index contributed by atoms with van der Waals surface area (Å²) >= 11 is 0. The zero-order valence-corrected chi connectivity index (χ0v) is 7.70. The Labute approximate surface area is 82.6 Å². The van der Waals surface area contributed by atoms with E-state index in [9.17, 15) is 0 Å². The molecule has 2 rings (SSSR count). The molecule has 0 radical (unpaired) electrons. The Morgan fingerprint density at radius 3 is 2.71 bits per heavy atom. The van der Waals surface area contributed by atoms with Crippen LogP contribution in [-0.4, -0.2) is 0 Å². The van der Waals surface area contributed by atoms with Crippen LogP contribution in [0, 0.1) is 11.3 Å². The molecule has 0 unspecified atom stereocenters. The second-order valence-electron chi connectivity index (χ2n) is 3.19. The number of nitrogen functional groups attached to an aromatic ring is 1. The fourth-order valence-corrected chi connectivity index (χ4v) is 1.63. The molecule has 0 aliphatic rings. The Morgan fingerprint density at radius 2 is 1.93 bits per heavy atom. The van der Waals surface area contributed by atoms with Crippen molar-refractivity contribution in [2.75, 3.05) is 5.73 Å². The summed E-state index contributed by atoms with van der Waals surface area (Å²) in [5.41, 5.74) is 7.46. The van der Waals surface area contributed by atoms with Crippen LogP contribution in [0.5, 0.6) is 0 Å². The average molecular weight is 182 g/mol. The fourth-order valence-electron chi connectivity index (χ4n) is 1.63. The van der Waals surface area contributed by atoms with E-state index in [0.717, 1.165) is 16.3 Å². The quantitative estimate of drug-likeness (QED) is 0.689. The van der Waals surface area contributed by atoms with Crippen molar-refractivity contribution in [1.29, 1.82) is 5.26 Å². The van der Waals surface area contributed by atoms with Crippen molar-refractivity contribution >= 4 is 16.5 Å². The van der Waals surface area contributed by atoms with Crippen molar-refractivity contribution in [2.45, 2.75) is 6.42 Å². The van der Waals surface area contributed by atoms with E-state index >= 15 is 0 Å². The number of fused-ring (bicyclic) bond motifs is 1. The van der Waals surface area contributed by atoms with Crippen molar-refractivity contribution in [3.05, 3.63) is 42.0 Å². The van der Waals surface area contributed by atoms with Gasteiger partial charge >= 0.3 is 0 Å². The smallest absolute Gasteiger partial charge is 0.0670 e. The minimum absolute atomic E-state index is 0.368. The highest BCUT2D eigenvalue weighted by atomic mass is 14.6. The van der Waals surface area contributed by atoms with Crippen molar-refractivity contribution in [2.24, 2.45) is 0 Å². The van der Waals surface area contributed by atoms with Crippen LogP contribution in [0.1, 0.15) is 5.56 Å². The molecule has 14 heavy (non-hydrogen) atoms. The lowest BCUT2D eigenvalue weighted by Gasteiger charge is -2.06. The van der Waals surface area contributed by atoms with E-state index < -0.39 is 0 Å². The number of anilines is 1. The van der Waals surface area contributed by atoms with Gasteiger partial charge < -0.3 is 5.73 Å². The Kier molecular flexibility index (Phi) is 2.08. The molecule has 0 saturated heterocycles. The summed E-state index contributed by atoms with van der Waals surface area (Å²) < 4.78 is 0. The molecule has 0 spiro atoms. The molecule has 2 N–H and O–H groups in total. The summed E-state index contributed by atoms with van der Waals surface area (Å²) in [6, 6.07) is 13.9. The van der Waals surface area contributed by atoms with E-state index in [2.05, 4.69) is 6.07 Å². The van der Waals surface area contributed by atoms with Gasteiger partial charge in [-0.3, -0.25) is 0 Å². The minimum atomic E-state index is 0.368. The molecular formula is C12H10N2. The van der Waals surface area contributed by atoms with Crippen LogP contribution < -0.4 is 5.73 Å². The van der Waals surface area contributed by atoms with Crippen LogP contribution in [0.25, 0.3) is 10.8 Å². The second kappa shape index (κ2) is 3.39. The summed E-state index contributed by atoms with van der Waals surface area (Å²) in [4.78, 5) is 0. The first-order valence-electron chi connectivity index (χ1n) is 4.46. The van der Waals surface area contributed by atoms with Crippen LogP contribution in [0.15, 0.2) is 36.4 Å². The monoisotopic (exact) mass is 182 g/mol. The second-order valence-corrected chi connectivity index (χ2v) is 3.19. The first kappa shape index (κ1) is 8.58. The maximum absolute atomic E-state index is 8.70. The first-order valence-corrected chi connectivity index (χ1v) is 4.46. The number of nitriles is 1. The van der Waals surface area contributed by atoms with E-state index in [-0.39, 0.29) is 0 Å². The van der Waals surface area contributed by atoms with Gasteiger partial charge in [-0.25, -0.2) is 0 Å². The van der Waals surface area contributed by atoms with Crippen LogP contribution in [0.2, 0.25) is 0 Å². The molecule has 0 bridgehead atoms. The number of hydrogen-bond donors (Lipinski definition) is 1. The fraction of sp³-hybridized carbons (Fsp3) is 0.0833. The van der Waals surface area contributed by atoms with Gasteiger partial charge in [0.15, 0.2) is 0 Å². The normalized spacial score (nSPS) is 9.93. The summed E-state index contributed by atoms with van der Waals surface area (Å²) in [5.74, 6) is 0. The van der Waals surface area contributed by atoms with Gasteiger partial charge in [0.1, 0.15) is 0 Å². The third kappa shape index (κ3) is 1.29. The summed E-state index contributed by atoms with van der Waals surface area (Å²) in [6.45, 7) is 0. The Bertz CT molecular complexity index is 509. The molecule has 2 aromatic carbocycles. The highest BCUT2D eigenvalue weighted by Gasteiger charge is 2.03. The van der Waals surface area contributed by atoms with Crippen molar-refractivity contribution in [1.82, 2.24) is 0 Å². The van der Waals surface area contributed by atoms with E-state index in [0.29, 0.717) is 12.1 Å². The molecule has 0 fully saturated rings. The Morgan fingerprint density at radius 1 is 1.14 bits per heavy atom. The van der Waals surface area contributed by atoms with Crippen molar-refractivity contribution < 1.29 is 0 Å². The maximum Gasteiger partial charge on any atom is 0.0670 e. The van der Waals surface area contributed by atoms with Gasteiger partial charge in [0.05, 0.1) is 12.5 Å². The number of benzene rings is 2. The standard InChI is InChI=1S/C12H10N2/c13-8-7-11-10-4-2-1-3-9(10)5-6-12(11)14/h1-6H,7,14H2. The number of rotatable bonds is 1. The summed E-state index contributed by atoms with van der Waals surface area (Å²) in [7, 11) is 0. The first-order chi connectivity index (χ1) is 6.83. The topological polar surface area (TPSA) is 49.8 Å². The highest BCUT2D eigenvalue weighted by molar-refractivity contribution is 5.89. The molecule has 2 heteroatoms. The molecule has 2 nitrogen and oxygen atoms in total. The third-order valence-electron chi connectivity index (χ3n) is 2.33. The minimum Gasteiger partial charge on any atom is -0.398 e. The lowest BCUT2D eigenvalue weighted by atomic mass is 10.0. The molecule has 0 aliphatic heterocycles. The Balaban J connectivity index is 2.77. The maximum atomic E-state index is 8.70. The lowest BCUT2D eigenvalue weighted by molar-refractivity contribution is 1.29. The van der Waals surface area contributed by atoms with Gasteiger partial charge in [-0.1, -0.05) is 30.3 Å². The molecule has 0 atom stereocenters. The zero-order valence-electron chi connectivity index (χ0n) is 7.70. The molecule has 0 heterocycles. The van der Waals surface area contributed by atoms with E-state index in [1.54, 1.807) is 0 Å². The van der Waals surface area contributed by atoms with E-state index in [1.807, 2.05) is 36.4 Å². The van der Waals surface area contributed by atoms with Crippen molar-refractivity contribution in [3.8, 4) is 6.07 Å². The number of nitrogens with two attached hydrogens (primary N) is 1. The van der Waals surface area contributed by atoms with E-state index in [1.165, 1.54) is 0 Å². The SMILES string of the molecule is N#CCc1c(N)ccc2ccccc12. The van der Waals surface area contributed by atoms with Crippen LogP contribution in [0.3, 0.4) is 0 Å². The summed E-state index contributed by atoms with van der Waals surface area (Å²) in [5, 5.41) is 10.9. The predicted octanol–water partition coefficient (Wildman–Crippen LogP) is 2.49. The van der Waals surface area contributed by atoms with Gasteiger partial charge in [0, 0.05) is 5.69 Å². The number of hydrogen-bond acceptors (Lipinski definition) is 2. The molecule has 0 aromatic heterocycles.